The topological polar surface area (TPSA) is 64.0 Å². The monoisotopic (exact) mass is 399 g/mol. The van der Waals surface area contributed by atoms with Crippen molar-refractivity contribution in [1.29, 1.82) is 0 Å². The molecule has 1 N–H and O–H groups in total. The molecule has 25 heavy (non-hydrogen) atoms. The van der Waals surface area contributed by atoms with Gasteiger partial charge in [0.15, 0.2) is 0 Å². The van der Waals surface area contributed by atoms with E-state index in [0.717, 1.165) is 28.4 Å². The van der Waals surface area contributed by atoms with Crippen LogP contribution in [0, 0.1) is 12.7 Å². The second-order valence-electron chi connectivity index (χ2n) is 5.35. The first-order valence-corrected chi connectivity index (χ1v) is 10.1. The first kappa shape index (κ1) is 18.1. The maximum absolute atomic E-state index is 13.2. The molecule has 0 atom stereocenters. The number of thiophene rings is 1. The van der Waals surface area contributed by atoms with Gasteiger partial charge in [0.05, 0.1) is 21.3 Å². The van der Waals surface area contributed by atoms with Gasteiger partial charge in [0.2, 0.25) is 10.0 Å². The molecular formula is C16H15ClFN3O2S2. The SMILES string of the molecule is Cc1cc(-c2cccs2)nn1CCNS(=O)(=O)c1ccc(F)c(Cl)c1. The Morgan fingerprint density at radius 2 is 2.12 bits per heavy atom. The predicted octanol–water partition coefficient (Wildman–Crippen LogP) is 3.69. The van der Waals surface area contributed by atoms with E-state index < -0.39 is 15.8 Å². The van der Waals surface area contributed by atoms with Gasteiger partial charge in [0.25, 0.3) is 0 Å². The fraction of sp³-hybridized carbons (Fsp3) is 0.188. The van der Waals surface area contributed by atoms with Gasteiger partial charge in [-0.05, 0) is 42.6 Å². The van der Waals surface area contributed by atoms with Crippen molar-refractivity contribution in [3.05, 3.63) is 58.3 Å². The molecule has 2 aromatic heterocycles. The van der Waals surface area contributed by atoms with E-state index in [1.165, 1.54) is 6.07 Å². The van der Waals surface area contributed by atoms with E-state index in [0.29, 0.717) is 6.54 Å². The molecule has 0 aliphatic carbocycles. The summed E-state index contributed by atoms with van der Waals surface area (Å²) in [7, 11) is -3.76. The number of nitrogens with zero attached hydrogens (tertiary/aromatic N) is 2. The molecule has 0 radical (unpaired) electrons. The predicted molar refractivity (Wildman–Crippen MR) is 96.9 cm³/mol. The Hall–Kier alpha value is -1.74. The molecule has 132 valence electrons. The molecule has 0 aliphatic rings. The molecule has 0 aliphatic heterocycles. The fourth-order valence-corrected chi connectivity index (χ4v) is 4.27. The quantitative estimate of drug-likeness (QED) is 0.687. The van der Waals surface area contributed by atoms with Gasteiger partial charge in [0.1, 0.15) is 11.5 Å². The van der Waals surface area contributed by atoms with E-state index in [1.807, 2.05) is 30.5 Å². The lowest BCUT2D eigenvalue weighted by Gasteiger charge is -2.08. The van der Waals surface area contributed by atoms with Gasteiger partial charge >= 0.3 is 0 Å². The van der Waals surface area contributed by atoms with Crippen LogP contribution in [0.1, 0.15) is 5.69 Å². The van der Waals surface area contributed by atoms with Crippen molar-refractivity contribution in [2.75, 3.05) is 6.54 Å². The third-order valence-electron chi connectivity index (χ3n) is 3.57. The van der Waals surface area contributed by atoms with Crippen LogP contribution in [-0.4, -0.2) is 24.7 Å². The van der Waals surface area contributed by atoms with Crippen LogP contribution in [0.25, 0.3) is 10.6 Å². The van der Waals surface area contributed by atoms with Crippen LogP contribution in [0.5, 0.6) is 0 Å². The summed E-state index contributed by atoms with van der Waals surface area (Å²) in [4.78, 5) is 0.985. The van der Waals surface area contributed by atoms with Crippen molar-refractivity contribution < 1.29 is 12.8 Å². The van der Waals surface area contributed by atoms with Crippen molar-refractivity contribution in [2.45, 2.75) is 18.4 Å². The number of rotatable bonds is 6. The molecule has 0 saturated carbocycles. The molecule has 1 aromatic carbocycles. The Bertz CT molecular complexity index is 985. The minimum atomic E-state index is -3.76. The molecule has 0 saturated heterocycles. The summed E-state index contributed by atoms with van der Waals surface area (Å²) < 4.78 is 41.9. The highest BCUT2D eigenvalue weighted by Gasteiger charge is 2.16. The Kier molecular flexibility index (Phi) is 5.24. The van der Waals surface area contributed by atoms with Gasteiger partial charge in [-0.1, -0.05) is 17.7 Å². The van der Waals surface area contributed by atoms with E-state index in [4.69, 9.17) is 11.6 Å². The number of sulfonamides is 1. The first-order valence-electron chi connectivity index (χ1n) is 7.40. The van der Waals surface area contributed by atoms with Gasteiger partial charge in [-0.3, -0.25) is 4.68 Å². The molecule has 5 nitrogen and oxygen atoms in total. The summed E-state index contributed by atoms with van der Waals surface area (Å²) in [6.45, 7) is 2.45. The number of hydrogen-bond donors (Lipinski definition) is 1. The van der Waals surface area contributed by atoms with E-state index >= 15 is 0 Å². The summed E-state index contributed by atoms with van der Waals surface area (Å²) in [6.07, 6.45) is 0. The highest BCUT2D eigenvalue weighted by Crippen LogP contribution is 2.24. The van der Waals surface area contributed by atoms with Crippen LogP contribution >= 0.6 is 22.9 Å². The third-order valence-corrected chi connectivity index (χ3v) is 6.21. The van der Waals surface area contributed by atoms with Crippen molar-refractivity contribution in [3.8, 4) is 10.6 Å². The van der Waals surface area contributed by atoms with E-state index in [-0.39, 0.29) is 16.5 Å². The van der Waals surface area contributed by atoms with Crippen LogP contribution in [0.15, 0.2) is 46.7 Å². The Labute approximate surface area is 154 Å². The lowest BCUT2D eigenvalue weighted by Crippen LogP contribution is -2.28. The largest absolute Gasteiger partial charge is 0.268 e. The number of aromatic nitrogens is 2. The molecule has 3 rings (SSSR count). The summed E-state index contributed by atoms with van der Waals surface area (Å²) in [5.74, 6) is -0.658. The normalized spacial score (nSPS) is 11.8. The maximum atomic E-state index is 13.2. The lowest BCUT2D eigenvalue weighted by molar-refractivity contribution is 0.556. The minimum Gasteiger partial charge on any atom is -0.268 e. The van der Waals surface area contributed by atoms with Crippen molar-refractivity contribution in [3.63, 3.8) is 0 Å². The maximum Gasteiger partial charge on any atom is 0.240 e. The summed E-state index contributed by atoms with van der Waals surface area (Å²) in [6, 6.07) is 9.20. The number of aryl methyl sites for hydroxylation is 1. The van der Waals surface area contributed by atoms with E-state index in [2.05, 4.69) is 9.82 Å². The van der Waals surface area contributed by atoms with Crippen LogP contribution in [0.3, 0.4) is 0 Å². The Balaban J connectivity index is 1.67. The fourth-order valence-electron chi connectivity index (χ4n) is 2.29. The van der Waals surface area contributed by atoms with Crippen LogP contribution in [-0.2, 0) is 16.6 Å². The van der Waals surface area contributed by atoms with Gasteiger partial charge in [-0.2, -0.15) is 5.10 Å². The zero-order chi connectivity index (χ0) is 18.0. The zero-order valence-electron chi connectivity index (χ0n) is 13.2. The number of hydrogen-bond acceptors (Lipinski definition) is 4. The highest BCUT2D eigenvalue weighted by atomic mass is 35.5. The first-order chi connectivity index (χ1) is 11.9. The zero-order valence-corrected chi connectivity index (χ0v) is 15.6. The average molecular weight is 400 g/mol. The van der Waals surface area contributed by atoms with Gasteiger partial charge in [0, 0.05) is 12.2 Å². The van der Waals surface area contributed by atoms with E-state index in [9.17, 15) is 12.8 Å². The van der Waals surface area contributed by atoms with Gasteiger partial charge in [-0.25, -0.2) is 17.5 Å². The van der Waals surface area contributed by atoms with E-state index in [1.54, 1.807) is 16.0 Å². The van der Waals surface area contributed by atoms with Gasteiger partial charge in [-0.15, -0.1) is 11.3 Å². The van der Waals surface area contributed by atoms with Crippen molar-refractivity contribution in [1.82, 2.24) is 14.5 Å². The molecule has 0 fully saturated rings. The molecule has 0 bridgehead atoms. The Morgan fingerprint density at radius 1 is 1.32 bits per heavy atom. The van der Waals surface area contributed by atoms with Crippen LogP contribution in [0.2, 0.25) is 5.02 Å². The summed E-state index contributed by atoms with van der Waals surface area (Å²) in [5, 5.41) is 6.24. The second kappa shape index (κ2) is 7.25. The third kappa shape index (κ3) is 4.09. The molecule has 3 aromatic rings. The smallest absolute Gasteiger partial charge is 0.240 e. The number of nitrogens with one attached hydrogen (secondary N) is 1. The van der Waals surface area contributed by atoms with Crippen LogP contribution in [0.4, 0.5) is 4.39 Å². The number of halogens is 2. The molecular weight excluding hydrogens is 385 g/mol. The second-order valence-corrected chi connectivity index (χ2v) is 8.47. The molecule has 0 amide bonds. The molecule has 2 heterocycles. The molecule has 0 spiro atoms. The summed E-state index contributed by atoms with van der Waals surface area (Å²) in [5.41, 5.74) is 1.80. The minimum absolute atomic E-state index is 0.0737. The Morgan fingerprint density at radius 3 is 2.80 bits per heavy atom. The standard InChI is InChI=1S/C16H15ClFN3O2S2/c1-11-9-15(16-3-2-8-24-16)20-21(11)7-6-19-25(22,23)12-4-5-14(18)13(17)10-12/h2-5,8-10,19H,6-7H2,1H3. The molecule has 9 heteroatoms. The van der Waals surface area contributed by atoms with Gasteiger partial charge < -0.3 is 0 Å². The molecule has 0 unspecified atom stereocenters. The highest BCUT2D eigenvalue weighted by molar-refractivity contribution is 7.89. The number of benzene rings is 1. The average Bonchev–Trinajstić information content (AvgIpc) is 3.20. The summed E-state index contributed by atoms with van der Waals surface area (Å²) >= 11 is 7.24. The van der Waals surface area contributed by atoms with Crippen molar-refractivity contribution in [2.24, 2.45) is 0 Å². The van der Waals surface area contributed by atoms with Crippen molar-refractivity contribution >= 4 is 33.0 Å². The lowest BCUT2D eigenvalue weighted by atomic mass is 10.3. The van der Waals surface area contributed by atoms with Crippen LogP contribution < -0.4 is 4.72 Å².